The van der Waals surface area contributed by atoms with Crippen molar-refractivity contribution in [2.24, 2.45) is 0 Å². The number of ether oxygens (including phenoxy) is 1. The van der Waals surface area contributed by atoms with Crippen LogP contribution >= 0.6 is 0 Å². The Balaban J connectivity index is 1.40. The highest BCUT2D eigenvalue weighted by atomic mass is 19.1. The van der Waals surface area contributed by atoms with Crippen LogP contribution in [-0.4, -0.2) is 11.1 Å². The van der Waals surface area contributed by atoms with Crippen molar-refractivity contribution in [2.75, 3.05) is 5.32 Å². The van der Waals surface area contributed by atoms with Gasteiger partial charge in [0.25, 0.3) is 5.91 Å². The van der Waals surface area contributed by atoms with Crippen molar-refractivity contribution in [1.29, 1.82) is 0 Å². The summed E-state index contributed by atoms with van der Waals surface area (Å²) in [6.07, 6.45) is 0. The zero-order valence-electron chi connectivity index (χ0n) is 15.3. The third-order valence-electron chi connectivity index (χ3n) is 4.21. The minimum absolute atomic E-state index is 0.182. The van der Waals surface area contributed by atoms with Gasteiger partial charge in [-0.2, -0.15) is 0 Å². The Morgan fingerprint density at radius 3 is 2.55 bits per heavy atom. The first-order valence-corrected chi connectivity index (χ1v) is 8.98. The van der Waals surface area contributed by atoms with E-state index in [1.807, 2.05) is 30.3 Å². The van der Waals surface area contributed by atoms with Crippen LogP contribution in [0.4, 0.5) is 10.1 Å². The minimum Gasteiger partial charge on any atom is -0.489 e. The number of anilines is 1. The van der Waals surface area contributed by atoms with Gasteiger partial charge in [0.15, 0.2) is 11.5 Å². The normalized spacial score (nSPS) is 10.5. The van der Waals surface area contributed by atoms with E-state index in [0.29, 0.717) is 23.8 Å². The van der Waals surface area contributed by atoms with E-state index in [-0.39, 0.29) is 17.4 Å². The van der Waals surface area contributed by atoms with Gasteiger partial charge < -0.3 is 14.6 Å². The van der Waals surface area contributed by atoms with E-state index >= 15 is 0 Å². The van der Waals surface area contributed by atoms with Gasteiger partial charge >= 0.3 is 0 Å². The standard InChI is InChI=1S/C23H17FN2O3/c24-18-11-9-16(10-12-18)15-28-20-8-4-7-19(13-20)25-23(27)21-14-22(29-26-21)17-5-2-1-3-6-17/h1-14H,15H2,(H,25,27). The third-order valence-corrected chi connectivity index (χ3v) is 4.21. The molecule has 1 aromatic heterocycles. The summed E-state index contributed by atoms with van der Waals surface area (Å²) < 4.78 is 24.0. The second kappa shape index (κ2) is 8.39. The van der Waals surface area contributed by atoms with Crippen molar-refractivity contribution in [3.63, 3.8) is 0 Å². The van der Waals surface area contributed by atoms with Gasteiger partial charge in [-0.05, 0) is 29.8 Å². The topological polar surface area (TPSA) is 64.4 Å². The molecule has 0 fully saturated rings. The molecule has 1 amide bonds. The van der Waals surface area contributed by atoms with Gasteiger partial charge in [0.1, 0.15) is 18.2 Å². The molecule has 0 saturated heterocycles. The number of rotatable bonds is 6. The van der Waals surface area contributed by atoms with Gasteiger partial charge in [-0.15, -0.1) is 0 Å². The van der Waals surface area contributed by atoms with E-state index in [0.717, 1.165) is 11.1 Å². The summed E-state index contributed by atoms with van der Waals surface area (Å²) in [5.41, 5.74) is 2.43. The van der Waals surface area contributed by atoms with Crippen LogP contribution in [0.3, 0.4) is 0 Å². The van der Waals surface area contributed by atoms with E-state index in [9.17, 15) is 9.18 Å². The largest absolute Gasteiger partial charge is 0.489 e. The number of hydrogen-bond donors (Lipinski definition) is 1. The number of amides is 1. The molecule has 0 aliphatic rings. The van der Waals surface area contributed by atoms with Gasteiger partial charge in [0.05, 0.1) is 0 Å². The molecular formula is C23H17FN2O3. The summed E-state index contributed by atoms with van der Waals surface area (Å²) in [5, 5.41) is 6.62. The number of nitrogens with zero attached hydrogens (tertiary/aromatic N) is 1. The van der Waals surface area contributed by atoms with Crippen molar-refractivity contribution in [3.8, 4) is 17.1 Å². The number of benzene rings is 3. The van der Waals surface area contributed by atoms with Crippen LogP contribution in [0.25, 0.3) is 11.3 Å². The summed E-state index contributed by atoms with van der Waals surface area (Å²) in [6.45, 7) is 0.293. The zero-order chi connectivity index (χ0) is 20.1. The Morgan fingerprint density at radius 1 is 0.966 bits per heavy atom. The molecule has 0 aliphatic heterocycles. The van der Waals surface area contributed by atoms with Gasteiger partial charge in [0, 0.05) is 23.4 Å². The van der Waals surface area contributed by atoms with E-state index in [1.54, 1.807) is 42.5 Å². The molecule has 5 nitrogen and oxygen atoms in total. The number of nitrogens with one attached hydrogen (secondary N) is 1. The van der Waals surface area contributed by atoms with Crippen molar-refractivity contribution >= 4 is 11.6 Å². The molecular weight excluding hydrogens is 371 g/mol. The first-order chi connectivity index (χ1) is 14.2. The molecule has 144 valence electrons. The summed E-state index contributed by atoms with van der Waals surface area (Å²) in [5.74, 6) is 0.428. The smallest absolute Gasteiger partial charge is 0.277 e. The fraction of sp³-hybridized carbons (Fsp3) is 0.0435. The van der Waals surface area contributed by atoms with Crippen LogP contribution in [0.2, 0.25) is 0 Å². The molecule has 0 unspecified atom stereocenters. The zero-order valence-corrected chi connectivity index (χ0v) is 15.3. The van der Waals surface area contributed by atoms with Gasteiger partial charge in [0.2, 0.25) is 0 Å². The Hall–Kier alpha value is -3.93. The lowest BCUT2D eigenvalue weighted by Crippen LogP contribution is -2.12. The molecule has 0 spiro atoms. The number of aromatic nitrogens is 1. The highest BCUT2D eigenvalue weighted by Crippen LogP contribution is 2.22. The maximum Gasteiger partial charge on any atom is 0.277 e. The molecule has 3 aromatic carbocycles. The molecule has 4 aromatic rings. The molecule has 0 atom stereocenters. The van der Waals surface area contributed by atoms with Crippen molar-refractivity contribution < 1.29 is 18.4 Å². The quantitative estimate of drug-likeness (QED) is 0.486. The lowest BCUT2D eigenvalue weighted by Gasteiger charge is -2.09. The SMILES string of the molecule is O=C(Nc1cccc(OCc2ccc(F)cc2)c1)c1cc(-c2ccccc2)on1. The maximum atomic E-state index is 13.0. The molecule has 0 saturated carbocycles. The van der Waals surface area contributed by atoms with Crippen LogP contribution in [0.5, 0.6) is 5.75 Å². The third kappa shape index (κ3) is 4.68. The summed E-state index contributed by atoms with van der Waals surface area (Å²) >= 11 is 0. The highest BCUT2D eigenvalue weighted by Gasteiger charge is 2.14. The predicted molar refractivity (Wildman–Crippen MR) is 107 cm³/mol. The van der Waals surface area contributed by atoms with E-state index in [2.05, 4.69) is 10.5 Å². The number of hydrogen-bond acceptors (Lipinski definition) is 4. The Bertz CT molecular complexity index is 1110. The van der Waals surface area contributed by atoms with Crippen molar-refractivity contribution in [1.82, 2.24) is 5.16 Å². The summed E-state index contributed by atoms with van der Waals surface area (Å²) in [4.78, 5) is 12.5. The molecule has 0 aliphatic carbocycles. The number of carbonyl (C=O) groups excluding carboxylic acids is 1. The molecule has 4 rings (SSSR count). The second-order valence-corrected chi connectivity index (χ2v) is 6.34. The molecule has 6 heteroatoms. The monoisotopic (exact) mass is 388 g/mol. The summed E-state index contributed by atoms with van der Waals surface area (Å²) in [6, 6.07) is 24.1. The maximum absolute atomic E-state index is 13.0. The first kappa shape index (κ1) is 18.4. The van der Waals surface area contributed by atoms with Gasteiger partial charge in [-0.3, -0.25) is 4.79 Å². The van der Waals surface area contributed by atoms with E-state index in [1.165, 1.54) is 12.1 Å². The molecule has 29 heavy (non-hydrogen) atoms. The van der Waals surface area contributed by atoms with E-state index < -0.39 is 0 Å². The molecule has 1 heterocycles. The second-order valence-electron chi connectivity index (χ2n) is 6.34. The van der Waals surface area contributed by atoms with Crippen molar-refractivity contribution in [3.05, 3.63) is 102 Å². The van der Waals surface area contributed by atoms with Gasteiger partial charge in [-0.1, -0.05) is 53.7 Å². The summed E-state index contributed by atoms with van der Waals surface area (Å²) in [7, 11) is 0. The number of halogens is 1. The van der Waals surface area contributed by atoms with Gasteiger partial charge in [-0.25, -0.2) is 4.39 Å². The fourth-order valence-corrected chi connectivity index (χ4v) is 2.73. The Morgan fingerprint density at radius 2 is 1.76 bits per heavy atom. The first-order valence-electron chi connectivity index (χ1n) is 8.98. The van der Waals surface area contributed by atoms with Crippen LogP contribution in [0, 0.1) is 5.82 Å². The van der Waals surface area contributed by atoms with Crippen LogP contribution < -0.4 is 10.1 Å². The average molecular weight is 388 g/mol. The van der Waals surface area contributed by atoms with Crippen LogP contribution in [0.1, 0.15) is 16.1 Å². The minimum atomic E-state index is -0.383. The van der Waals surface area contributed by atoms with E-state index in [4.69, 9.17) is 9.26 Å². The Kier molecular flexibility index (Phi) is 5.33. The van der Waals surface area contributed by atoms with Crippen LogP contribution in [0.15, 0.2) is 89.5 Å². The number of carbonyl (C=O) groups is 1. The highest BCUT2D eigenvalue weighted by molar-refractivity contribution is 6.03. The molecule has 1 N–H and O–H groups in total. The Labute approximate surface area is 166 Å². The molecule has 0 bridgehead atoms. The molecule has 0 radical (unpaired) electrons. The lowest BCUT2D eigenvalue weighted by atomic mass is 10.1. The fourth-order valence-electron chi connectivity index (χ4n) is 2.73. The van der Waals surface area contributed by atoms with Crippen LogP contribution in [-0.2, 0) is 6.61 Å². The van der Waals surface area contributed by atoms with Crippen molar-refractivity contribution in [2.45, 2.75) is 6.61 Å². The average Bonchev–Trinajstić information content (AvgIpc) is 3.25. The lowest BCUT2D eigenvalue weighted by molar-refractivity contribution is 0.101. The predicted octanol–water partition coefficient (Wildman–Crippen LogP) is 5.31.